The molecule has 0 amide bonds. The summed E-state index contributed by atoms with van der Waals surface area (Å²) in [7, 11) is 0. The van der Waals surface area contributed by atoms with Crippen LogP contribution in [0.25, 0.3) is 0 Å². The van der Waals surface area contributed by atoms with E-state index in [0.29, 0.717) is 0 Å². The van der Waals surface area contributed by atoms with Crippen LogP contribution in [-0.4, -0.2) is 18.7 Å². The summed E-state index contributed by atoms with van der Waals surface area (Å²) < 4.78 is 7.77. The normalized spacial score (nSPS) is 11.6. The van der Waals surface area contributed by atoms with Gasteiger partial charge in [-0.2, -0.15) is 0 Å². The van der Waals surface area contributed by atoms with Crippen LogP contribution in [0.5, 0.6) is 5.75 Å². The van der Waals surface area contributed by atoms with Crippen molar-refractivity contribution in [3.8, 4) is 5.75 Å². The molecule has 0 saturated carbocycles. The van der Waals surface area contributed by atoms with E-state index < -0.39 is 0 Å². The van der Waals surface area contributed by atoms with Gasteiger partial charge in [0.05, 0.1) is 11.1 Å². The first-order valence-electron chi connectivity index (χ1n) is 6.21. The van der Waals surface area contributed by atoms with Gasteiger partial charge in [-0.1, -0.05) is 15.9 Å². The van der Waals surface area contributed by atoms with Gasteiger partial charge in [0, 0.05) is 10.0 Å². The molecule has 1 N–H and O–H groups in total. The molecule has 0 atom stereocenters. The van der Waals surface area contributed by atoms with E-state index in [1.54, 1.807) is 0 Å². The highest BCUT2D eigenvalue weighted by Gasteiger charge is 2.07. The maximum Gasteiger partial charge on any atom is 0.133 e. The second kappa shape index (κ2) is 7.51. The molecule has 0 heterocycles. The largest absolute Gasteiger partial charge is 0.492 e. The van der Waals surface area contributed by atoms with Gasteiger partial charge in [0.15, 0.2) is 0 Å². The lowest BCUT2D eigenvalue weighted by Gasteiger charge is -2.20. The van der Waals surface area contributed by atoms with Gasteiger partial charge in [0.2, 0.25) is 0 Å². The molecule has 102 valence electrons. The highest BCUT2D eigenvalue weighted by molar-refractivity contribution is 9.11. The molecule has 0 aliphatic carbocycles. The Bertz CT molecular complexity index is 375. The topological polar surface area (TPSA) is 21.3 Å². The molecular formula is C14H21Br2NO. The van der Waals surface area contributed by atoms with Crippen molar-refractivity contribution in [3.63, 3.8) is 0 Å². The molecule has 1 aromatic rings. The number of benzene rings is 1. The molecular weight excluding hydrogens is 358 g/mol. The zero-order valence-corrected chi connectivity index (χ0v) is 14.4. The standard InChI is InChI=1S/C14H21Br2NO/c1-14(2,3)17-8-4-5-9-18-13-7-6-11(15)10-12(13)16/h6-7,10,17H,4-5,8-9H2,1-3H3. The molecule has 2 nitrogen and oxygen atoms in total. The molecule has 0 aromatic heterocycles. The lowest BCUT2D eigenvalue weighted by Crippen LogP contribution is -2.36. The van der Waals surface area contributed by atoms with E-state index in [4.69, 9.17) is 4.74 Å². The quantitative estimate of drug-likeness (QED) is 0.720. The Balaban J connectivity index is 2.18. The highest BCUT2D eigenvalue weighted by Crippen LogP contribution is 2.28. The van der Waals surface area contributed by atoms with Crippen molar-refractivity contribution >= 4 is 31.9 Å². The predicted octanol–water partition coefficient (Wildman–Crippen LogP) is 4.76. The van der Waals surface area contributed by atoms with E-state index in [2.05, 4.69) is 57.9 Å². The summed E-state index contributed by atoms with van der Waals surface area (Å²) in [5, 5.41) is 3.47. The first kappa shape index (κ1) is 16.0. The lowest BCUT2D eigenvalue weighted by atomic mass is 10.1. The van der Waals surface area contributed by atoms with Crippen LogP contribution >= 0.6 is 31.9 Å². The van der Waals surface area contributed by atoms with Gasteiger partial charge < -0.3 is 10.1 Å². The van der Waals surface area contributed by atoms with Crippen molar-refractivity contribution < 1.29 is 4.74 Å². The van der Waals surface area contributed by atoms with Crippen LogP contribution in [0.3, 0.4) is 0 Å². The minimum absolute atomic E-state index is 0.204. The summed E-state index contributed by atoms with van der Waals surface area (Å²) >= 11 is 6.91. The molecule has 0 radical (unpaired) electrons. The predicted molar refractivity (Wildman–Crippen MR) is 84.3 cm³/mol. The van der Waals surface area contributed by atoms with Gasteiger partial charge in [-0.15, -0.1) is 0 Å². The second-order valence-electron chi connectivity index (χ2n) is 5.31. The van der Waals surface area contributed by atoms with Gasteiger partial charge in [-0.05, 0) is 74.3 Å². The van der Waals surface area contributed by atoms with Gasteiger partial charge in [0.1, 0.15) is 5.75 Å². The Kier molecular flexibility index (Phi) is 6.67. The van der Waals surface area contributed by atoms with Crippen molar-refractivity contribution in [1.29, 1.82) is 0 Å². The zero-order chi connectivity index (χ0) is 13.6. The molecule has 0 saturated heterocycles. The summed E-state index contributed by atoms with van der Waals surface area (Å²) in [6.07, 6.45) is 2.19. The Morgan fingerprint density at radius 3 is 2.50 bits per heavy atom. The first-order chi connectivity index (χ1) is 8.38. The SMILES string of the molecule is CC(C)(C)NCCCCOc1ccc(Br)cc1Br. The maximum absolute atomic E-state index is 5.73. The monoisotopic (exact) mass is 377 g/mol. The summed E-state index contributed by atoms with van der Waals surface area (Å²) in [6.45, 7) is 8.34. The van der Waals surface area contributed by atoms with Gasteiger partial charge in [0.25, 0.3) is 0 Å². The van der Waals surface area contributed by atoms with Crippen LogP contribution in [0.1, 0.15) is 33.6 Å². The van der Waals surface area contributed by atoms with Crippen molar-refractivity contribution in [2.75, 3.05) is 13.2 Å². The average Bonchev–Trinajstić information content (AvgIpc) is 2.24. The fourth-order valence-electron chi connectivity index (χ4n) is 1.46. The van der Waals surface area contributed by atoms with Crippen molar-refractivity contribution in [3.05, 3.63) is 27.1 Å². The van der Waals surface area contributed by atoms with E-state index >= 15 is 0 Å². The summed E-state index contributed by atoms with van der Waals surface area (Å²) in [4.78, 5) is 0. The minimum Gasteiger partial charge on any atom is -0.492 e. The second-order valence-corrected chi connectivity index (χ2v) is 7.08. The Hall–Kier alpha value is -0.0600. The smallest absolute Gasteiger partial charge is 0.133 e. The molecule has 0 spiro atoms. The van der Waals surface area contributed by atoms with Crippen LogP contribution < -0.4 is 10.1 Å². The highest BCUT2D eigenvalue weighted by atomic mass is 79.9. The van der Waals surface area contributed by atoms with E-state index in [1.165, 1.54) is 0 Å². The van der Waals surface area contributed by atoms with Crippen molar-refractivity contribution in [2.45, 2.75) is 39.2 Å². The zero-order valence-electron chi connectivity index (χ0n) is 11.2. The van der Waals surface area contributed by atoms with E-state index in [-0.39, 0.29) is 5.54 Å². The number of hydrogen-bond acceptors (Lipinski definition) is 2. The molecule has 4 heteroatoms. The fourth-order valence-corrected chi connectivity index (χ4v) is 2.63. The van der Waals surface area contributed by atoms with Crippen LogP contribution in [0.4, 0.5) is 0 Å². The van der Waals surface area contributed by atoms with Crippen LogP contribution in [0.2, 0.25) is 0 Å². The van der Waals surface area contributed by atoms with E-state index in [0.717, 1.165) is 40.7 Å². The van der Waals surface area contributed by atoms with Gasteiger partial charge >= 0.3 is 0 Å². The molecule has 0 aliphatic heterocycles. The van der Waals surface area contributed by atoms with Gasteiger partial charge in [-0.25, -0.2) is 0 Å². The Labute approximate surface area is 127 Å². The minimum atomic E-state index is 0.204. The van der Waals surface area contributed by atoms with E-state index in [9.17, 15) is 0 Å². The van der Waals surface area contributed by atoms with E-state index in [1.807, 2.05) is 18.2 Å². The molecule has 18 heavy (non-hydrogen) atoms. The fraction of sp³-hybridized carbons (Fsp3) is 0.571. The Morgan fingerprint density at radius 1 is 1.17 bits per heavy atom. The molecule has 0 bridgehead atoms. The molecule has 0 unspecified atom stereocenters. The van der Waals surface area contributed by atoms with Crippen LogP contribution in [0.15, 0.2) is 27.1 Å². The van der Waals surface area contributed by atoms with Crippen LogP contribution in [-0.2, 0) is 0 Å². The lowest BCUT2D eigenvalue weighted by molar-refractivity contribution is 0.299. The number of hydrogen-bond donors (Lipinski definition) is 1. The number of halogens is 2. The molecule has 1 rings (SSSR count). The third-order valence-corrected chi connectivity index (χ3v) is 3.49. The third kappa shape index (κ3) is 6.76. The third-order valence-electron chi connectivity index (χ3n) is 2.38. The summed E-state index contributed by atoms with van der Waals surface area (Å²) in [5.74, 6) is 0.905. The summed E-state index contributed by atoms with van der Waals surface area (Å²) in [5.41, 5.74) is 0.204. The maximum atomic E-state index is 5.73. The number of nitrogens with one attached hydrogen (secondary N) is 1. The first-order valence-corrected chi connectivity index (χ1v) is 7.80. The summed E-state index contributed by atoms with van der Waals surface area (Å²) in [6, 6.07) is 5.96. The molecule has 1 aromatic carbocycles. The molecule has 0 fully saturated rings. The van der Waals surface area contributed by atoms with Crippen LogP contribution in [0, 0.1) is 0 Å². The molecule has 0 aliphatic rings. The van der Waals surface area contributed by atoms with Gasteiger partial charge in [-0.3, -0.25) is 0 Å². The average molecular weight is 379 g/mol. The van der Waals surface area contributed by atoms with Crippen molar-refractivity contribution in [1.82, 2.24) is 5.32 Å². The van der Waals surface area contributed by atoms with Crippen molar-refractivity contribution in [2.24, 2.45) is 0 Å². The Morgan fingerprint density at radius 2 is 1.89 bits per heavy atom. The number of rotatable bonds is 6. The number of ether oxygens (including phenoxy) is 1. The number of unbranched alkanes of at least 4 members (excludes halogenated alkanes) is 1.